The van der Waals surface area contributed by atoms with Gasteiger partial charge in [0.1, 0.15) is 0 Å². The SMILES string of the molecule is Cn1c2ccccc2c2cc(/C=C/C(=O)c3cccc(NC(=O)c4cccc(Cl)c4)c3)ccc21. The van der Waals surface area contributed by atoms with Gasteiger partial charge in [-0.3, -0.25) is 9.59 Å². The Morgan fingerprint density at radius 1 is 0.794 bits per heavy atom. The zero-order valence-corrected chi connectivity index (χ0v) is 19.2. The molecule has 5 rings (SSSR count). The van der Waals surface area contributed by atoms with Crippen LogP contribution in [0, 0.1) is 0 Å². The largest absolute Gasteiger partial charge is 0.344 e. The summed E-state index contributed by atoms with van der Waals surface area (Å²) >= 11 is 5.97. The lowest BCUT2D eigenvalue weighted by Crippen LogP contribution is -2.12. The molecular weight excluding hydrogens is 444 g/mol. The number of rotatable bonds is 5. The van der Waals surface area contributed by atoms with E-state index < -0.39 is 0 Å². The Morgan fingerprint density at radius 2 is 1.56 bits per heavy atom. The van der Waals surface area contributed by atoms with Crippen LogP contribution in [0.25, 0.3) is 27.9 Å². The van der Waals surface area contributed by atoms with Gasteiger partial charge in [0.05, 0.1) is 0 Å². The van der Waals surface area contributed by atoms with Crippen molar-refractivity contribution in [2.24, 2.45) is 7.05 Å². The highest BCUT2D eigenvalue weighted by Crippen LogP contribution is 2.29. The number of hydrogen-bond acceptors (Lipinski definition) is 2. The zero-order chi connectivity index (χ0) is 23.7. The van der Waals surface area contributed by atoms with E-state index in [1.807, 2.05) is 24.3 Å². The van der Waals surface area contributed by atoms with Crippen molar-refractivity contribution in [2.45, 2.75) is 0 Å². The predicted octanol–water partition coefficient (Wildman–Crippen LogP) is 7.13. The average molecular weight is 465 g/mol. The Balaban J connectivity index is 1.36. The quantitative estimate of drug-likeness (QED) is 0.222. The summed E-state index contributed by atoms with van der Waals surface area (Å²) in [7, 11) is 2.06. The van der Waals surface area contributed by atoms with E-state index in [0.29, 0.717) is 21.8 Å². The van der Waals surface area contributed by atoms with Gasteiger partial charge in [0.15, 0.2) is 5.78 Å². The van der Waals surface area contributed by atoms with Crippen molar-refractivity contribution >= 4 is 56.9 Å². The van der Waals surface area contributed by atoms with Gasteiger partial charge in [-0.15, -0.1) is 0 Å². The number of anilines is 1. The normalized spacial score (nSPS) is 11.4. The Hall–Kier alpha value is -4.15. The fraction of sp³-hybridized carbons (Fsp3) is 0.0345. The van der Waals surface area contributed by atoms with Gasteiger partial charge in [0.25, 0.3) is 5.91 Å². The number of amides is 1. The molecule has 5 heteroatoms. The zero-order valence-electron chi connectivity index (χ0n) is 18.5. The number of allylic oxidation sites excluding steroid dienone is 1. The van der Waals surface area contributed by atoms with Crippen molar-refractivity contribution in [1.29, 1.82) is 0 Å². The number of fused-ring (bicyclic) bond motifs is 3. The Labute approximate surface area is 202 Å². The van der Waals surface area contributed by atoms with Gasteiger partial charge in [0.2, 0.25) is 0 Å². The second-order valence-corrected chi connectivity index (χ2v) is 8.53. The maximum atomic E-state index is 12.8. The summed E-state index contributed by atoms with van der Waals surface area (Å²) in [6.45, 7) is 0. The first-order valence-corrected chi connectivity index (χ1v) is 11.2. The first-order valence-electron chi connectivity index (χ1n) is 10.9. The molecule has 1 amide bonds. The summed E-state index contributed by atoms with van der Waals surface area (Å²) in [5, 5.41) is 5.64. The molecule has 0 aliphatic rings. The van der Waals surface area contributed by atoms with Gasteiger partial charge < -0.3 is 9.88 Å². The van der Waals surface area contributed by atoms with Gasteiger partial charge in [-0.2, -0.15) is 0 Å². The van der Waals surface area contributed by atoms with Gasteiger partial charge in [-0.1, -0.05) is 60.1 Å². The number of aryl methyl sites for hydroxylation is 1. The summed E-state index contributed by atoms with van der Waals surface area (Å²) in [5.41, 5.74) is 4.75. The van der Waals surface area contributed by atoms with Gasteiger partial charge in [-0.05, 0) is 60.2 Å². The molecule has 5 aromatic rings. The Bertz CT molecular complexity index is 1600. The van der Waals surface area contributed by atoms with Crippen molar-refractivity contribution in [1.82, 2.24) is 4.57 Å². The highest BCUT2D eigenvalue weighted by atomic mass is 35.5. The number of aromatic nitrogens is 1. The summed E-state index contributed by atoms with van der Waals surface area (Å²) < 4.78 is 2.17. The van der Waals surface area contributed by atoms with Gasteiger partial charge in [0, 0.05) is 50.7 Å². The molecule has 1 aromatic heterocycles. The standard InChI is InChI=1S/C29H21ClN2O2/c1-32-26-11-3-2-10-24(26)25-16-19(12-14-27(25)32)13-15-28(33)20-6-5-9-23(18-20)31-29(34)21-7-4-8-22(30)17-21/h2-18H,1H3,(H,31,34)/b15-13+. The highest BCUT2D eigenvalue weighted by molar-refractivity contribution is 6.31. The molecule has 0 aliphatic carbocycles. The molecule has 4 aromatic carbocycles. The number of halogens is 1. The third-order valence-corrected chi connectivity index (χ3v) is 6.09. The Morgan fingerprint density at radius 3 is 2.41 bits per heavy atom. The molecule has 0 saturated heterocycles. The minimum absolute atomic E-state index is 0.142. The van der Waals surface area contributed by atoms with E-state index in [2.05, 4.69) is 41.2 Å². The van der Waals surface area contributed by atoms with Crippen molar-refractivity contribution < 1.29 is 9.59 Å². The second-order valence-electron chi connectivity index (χ2n) is 8.10. The maximum absolute atomic E-state index is 12.8. The van der Waals surface area contributed by atoms with Gasteiger partial charge in [-0.25, -0.2) is 0 Å². The van der Waals surface area contributed by atoms with Gasteiger partial charge >= 0.3 is 0 Å². The number of benzene rings is 4. The molecule has 0 spiro atoms. The molecule has 0 fully saturated rings. The lowest BCUT2D eigenvalue weighted by molar-refractivity contribution is 0.102. The predicted molar refractivity (Wildman–Crippen MR) is 140 cm³/mol. The fourth-order valence-electron chi connectivity index (χ4n) is 4.14. The van der Waals surface area contributed by atoms with Crippen LogP contribution < -0.4 is 5.32 Å². The molecule has 1 heterocycles. The molecule has 166 valence electrons. The lowest BCUT2D eigenvalue weighted by atomic mass is 10.1. The summed E-state index contributed by atoms with van der Waals surface area (Å²) in [6, 6.07) is 28.1. The smallest absolute Gasteiger partial charge is 0.255 e. The van der Waals surface area contributed by atoms with Crippen LogP contribution in [-0.4, -0.2) is 16.3 Å². The van der Waals surface area contributed by atoms with Crippen LogP contribution >= 0.6 is 11.6 Å². The van der Waals surface area contributed by atoms with E-state index in [1.165, 1.54) is 10.9 Å². The molecular formula is C29H21ClN2O2. The van der Waals surface area contributed by atoms with Crippen LogP contribution in [0.4, 0.5) is 5.69 Å². The molecule has 0 unspecified atom stereocenters. The third kappa shape index (κ3) is 4.24. The number of hydrogen-bond donors (Lipinski definition) is 1. The van der Waals surface area contributed by atoms with Crippen LogP contribution in [0.3, 0.4) is 0 Å². The molecule has 0 bridgehead atoms. The fourth-order valence-corrected chi connectivity index (χ4v) is 4.33. The topological polar surface area (TPSA) is 51.1 Å². The summed E-state index contributed by atoms with van der Waals surface area (Å²) in [5.74, 6) is -0.428. The van der Waals surface area contributed by atoms with E-state index in [0.717, 1.165) is 16.5 Å². The highest BCUT2D eigenvalue weighted by Gasteiger charge is 2.10. The second kappa shape index (κ2) is 9.00. The van der Waals surface area contributed by atoms with Crippen molar-refractivity contribution in [2.75, 3.05) is 5.32 Å². The molecule has 1 N–H and O–H groups in total. The number of nitrogens with zero attached hydrogens (tertiary/aromatic N) is 1. The monoisotopic (exact) mass is 464 g/mol. The molecule has 0 atom stereocenters. The number of carbonyl (C=O) groups is 2. The van der Waals surface area contributed by atoms with E-state index in [1.54, 1.807) is 54.6 Å². The average Bonchev–Trinajstić information content (AvgIpc) is 3.14. The number of para-hydroxylation sites is 1. The van der Waals surface area contributed by atoms with Crippen molar-refractivity contribution in [3.8, 4) is 0 Å². The first kappa shape index (κ1) is 21.7. The van der Waals surface area contributed by atoms with E-state index in [9.17, 15) is 9.59 Å². The molecule has 4 nitrogen and oxygen atoms in total. The minimum Gasteiger partial charge on any atom is -0.344 e. The van der Waals surface area contributed by atoms with Crippen LogP contribution in [0.5, 0.6) is 0 Å². The minimum atomic E-state index is -0.286. The van der Waals surface area contributed by atoms with E-state index in [4.69, 9.17) is 11.6 Å². The number of nitrogens with one attached hydrogen (secondary N) is 1. The maximum Gasteiger partial charge on any atom is 0.255 e. The number of ketones is 1. The van der Waals surface area contributed by atoms with Crippen molar-refractivity contribution in [3.05, 3.63) is 119 Å². The third-order valence-electron chi connectivity index (χ3n) is 5.86. The first-order chi connectivity index (χ1) is 16.5. The van der Waals surface area contributed by atoms with Crippen molar-refractivity contribution in [3.63, 3.8) is 0 Å². The molecule has 0 saturated carbocycles. The molecule has 34 heavy (non-hydrogen) atoms. The molecule has 0 aliphatic heterocycles. The Kier molecular flexibility index (Phi) is 5.74. The van der Waals surface area contributed by atoms with Crippen LogP contribution in [0.1, 0.15) is 26.3 Å². The van der Waals surface area contributed by atoms with Crippen LogP contribution in [0.2, 0.25) is 5.02 Å². The molecule has 0 radical (unpaired) electrons. The summed E-state index contributed by atoms with van der Waals surface area (Å²) in [4.78, 5) is 25.3. The summed E-state index contributed by atoms with van der Waals surface area (Å²) in [6.07, 6.45) is 3.38. The van der Waals surface area contributed by atoms with Crippen LogP contribution in [0.15, 0.2) is 97.1 Å². The van der Waals surface area contributed by atoms with Crippen LogP contribution in [-0.2, 0) is 7.05 Å². The lowest BCUT2D eigenvalue weighted by Gasteiger charge is -2.07. The number of carbonyl (C=O) groups excluding carboxylic acids is 2. The van der Waals surface area contributed by atoms with E-state index >= 15 is 0 Å². The van der Waals surface area contributed by atoms with E-state index in [-0.39, 0.29) is 11.7 Å².